The van der Waals surface area contributed by atoms with Crippen LogP contribution in [0.15, 0.2) is 30.5 Å². The van der Waals surface area contributed by atoms with Gasteiger partial charge < -0.3 is 28.6 Å². The lowest BCUT2D eigenvalue weighted by Gasteiger charge is -2.35. The molecule has 1 atom stereocenters. The summed E-state index contributed by atoms with van der Waals surface area (Å²) in [6.45, 7) is 8.41. The highest BCUT2D eigenvalue weighted by Gasteiger charge is 2.33. The summed E-state index contributed by atoms with van der Waals surface area (Å²) < 4.78 is 18.5. The van der Waals surface area contributed by atoms with E-state index in [0.29, 0.717) is 26.3 Å². The molecule has 1 aromatic carbocycles. The number of aryl methyl sites for hydroxylation is 1. The van der Waals surface area contributed by atoms with Crippen molar-refractivity contribution >= 4 is 22.9 Å². The fourth-order valence-corrected chi connectivity index (χ4v) is 3.88. The number of para-hydroxylation sites is 1. The minimum atomic E-state index is -0.698. The Morgan fingerprint density at radius 2 is 2.00 bits per heavy atom. The first kappa shape index (κ1) is 24.1. The summed E-state index contributed by atoms with van der Waals surface area (Å²) >= 11 is 0. The van der Waals surface area contributed by atoms with Crippen molar-refractivity contribution in [3.8, 4) is 0 Å². The van der Waals surface area contributed by atoms with Crippen molar-refractivity contribution in [1.82, 2.24) is 14.4 Å². The smallest absolute Gasteiger partial charge is 0.410 e. The van der Waals surface area contributed by atoms with Crippen LogP contribution in [-0.2, 0) is 32.1 Å². The van der Waals surface area contributed by atoms with Crippen LogP contribution in [0, 0.1) is 0 Å². The Kier molecular flexibility index (Phi) is 7.79. The number of likely N-dealkylation sites (N-methyl/N-ethyl adjacent to an activating group) is 1. The molecule has 1 aliphatic heterocycles. The molecule has 0 spiro atoms. The monoisotopic (exact) mass is 445 g/mol. The van der Waals surface area contributed by atoms with Crippen LogP contribution in [0.4, 0.5) is 4.79 Å². The first-order chi connectivity index (χ1) is 15.2. The molecular formula is C24H35N3O5. The Morgan fingerprint density at radius 3 is 2.72 bits per heavy atom. The number of morpholine rings is 1. The molecule has 0 radical (unpaired) electrons. The van der Waals surface area contributed by atoms with Gasteiger partial charge in [0.2, 0.25) is 0 Å². The maximum absolute atomic E-state index is 13.1. The third-order valence-electron chi connectivity index (χ3n) is 5.40. The van der Waals surface area contributed by atoms with Crippen LogP contribution < -0.4 is 0 Å². The Bertz CT molecular complexity index is 933. The summed E-state index contributed by atoms with van der Waals surface area (Å²) in [4.78, 5) is 28.7. The Hall–Kier alpha value is -2.58. The van der Waals surface area contributed by atoms with Gasteiger partial charge in [0.25, 0.3) is 5.91 Å². The molecule has 0 N–H and O–H groups in total. The molecule has 0 aliphatic carbocycles. The van der Waals surface area contributed by atoms with Gasteiger partial charge >= 0.3 is 6.09 Å². The molecule has 1 unspecified atom stereocenters. The molecule has 8 nitrogen and oxygen atoms in total. The summed E-state index contributed by atoms with van der Waals surface area (Å²) in [5.74, 6) is -0.144. The minimum absolute atomic E-state index is 0.144. The van der Waals surface area contributed by atoms with Crippen LogP contribution in [0.5, 0.6) is 0 Å². The van der Waals surface area contributed by atoms with Gasteiger partial charge in [-0.3, -0.25) is 4.79 Å². The van der Waals surface area contributed by atoms with Crippen molar-refractivity contribution < 1.29 is 23.8 Å². The van der Waals surface area contributed by atoms with Crippen LogP contribution in [0.1, 0.15) is 32.8 Å². The average molecular weight is 446 g/mol. The van der Waals surface area contributed by atoms with E-state index in [0.717, 1.165) is 29.4 Å². The molecular weight excluding hydrogens is 410 g/mol. The molecule has 0 bridgehead atoms. The highest BCUT2D eigenvalue weighted by atomic mass is 16.6. The molecule has 2 aromatic rings. The minimum Gasteiger partial charge on any atom is -0.444 e. The highest BCUT2D eigenvalue weighted by molar-refractivity contribution is 5.86. The quantitative estimate of drug-likeness (QED) is 0.612. The number of carbonyl (C=O) groups excluding carboxylic acids is 2. The summed E-state index contributed by atoms with van der Waals surface area (Å²) in [5, 5.41) is 1.13. The molecule has 2 amide bonds. The molecule has 176 valence electrons. The van der Waals surface area contributed by atoms with E-state index in [9.17, 15) is 9.59 Å². The Labute approximate surface area is 190 Å². The van der Waals surface area contributed by atoms with Crippen molar-refractivity contribution in [2.45, 2.75) is 52.0 Å². The number of nitrogens with zero attached hydrogens (tertiary/aromatic N) is 3. The van der Waals surface area contributed by atoms with Crippen molar-refractivity contribution in [3.63, 3.8) is 0 Å². The number of ether oxygens (including phenoxy) is 3. The van der Waals surface area contributed by atoms with Gasteiger partial charge in [0.05, 0.1) is 13.2 Å². The summed E-state index contributed by atoms with van der Waals surface area (Å²) in [5.41, 5.74) is 1.64. The third-order valence-corrected chi connectivity index (χ3v) is 5.40. The van der Waals surface area contributed by atoms with E-state index in [1.54, 1.807) is 24.0 Å². The van der Waals surface area contributed by atoms with Crippen LogP contribution in [0.3, 0.4) is 0 Å². The zero-order chi connectivity index (χ0) is 23.3. The number of rotatable bonds is 7. The fourth-order valence-electron chi connectivity index (χ4n) is 3.88. The number of benzene rings is 1. The molecule has 1 aliphatic rings. The lowest BCUT2D eigenvalue weighted by molar-refractivity contribution is -0.148. The van der Waals surface area contributed by atoms with E-state index < -0.39 is 17.8 Å². The van der Waals surface area contributed by atoms with E-state index in [2.05, 4.69) is 22.9 Å². The summed E-state index contributed by atoms with van der Waals surface area (Å²) in [7, 11) is 3.48. The molecule has 8 heteroatoms. The molecule has 32 heavy (non-hydrogen) atoms. The molecule has 1 aromatic heterocycles. The first-order valence-corrected chi connectivity index (χ1v) is 11.1. The van der Waals surface area contributed by atoms with Crippen molar-refractivity contribution in [3.05, 3.63) is 36.0 Å². The van der Waals surface area contributed by atoms with Gasteiger partial charge in [0.15, 0.2) is 6.10 Å². The topological polar surface area (TPSA) is 73.2 Å². The van der Waals surface area contributed by atoms with Gasteiger partial charge in [-0.2, -0.15) is 0 Å². The largest absolute Gasteiger partial charge is 0.444 e. The number of aromatic nitrogens is 1. The van der Waals surface area contributed by atoms with Gasteiger partial charge in [-0.05, 0) is 38.8 Å². The van der Waals surface area contributed by atoms with Gasteiger partial charge in [-0.1, -0.05) is 18.2 Å². The first-order valence-electron chi connectivity index (χ1n) is 11.1. The van der Waals surface area contributed by atoms with Crippen molar-refractivity contribution in [1.29, 1.82) is 0 Å². The summed E-state index contributed by atoms with van der Waals surface area (Å²) in [6.07, 6.45) is 1.91. The van der Waals surface area contributed by atoms with E-state index in [4.69, 9.17) is 14.2 Å². The second kappa shape index (κ2) is 10.4. The fraction of sp³-hybridized carbons (Fsp3) is 0.583. The van der Waals surface area contributed by atoms with E-state index in [1.807, 2.05) is 32.9 Å². The molecule has 1 saturated heterocycles. The number of fused-ring (bicyclic) bond motifs is 1. The molecule has 0 saturated carbocycles. The SMILES string of the molecule is COCCCn1cc(CN(C)C(=O)C2CN(C(=O)OC(C)(C)C)CCO2)c2ccccc21. The van der Waals surface area contributed by atoms with Gasteiger partial charge in [-0.15, -0.1) is 0 Å². The number of amides is 2. The number of carbonyl (C=O) groups is 2. The van der Waals surface area contributed by atoms with Gasteiger partial charge in [-0.25, -0.2) is 4.79 Å². The second-order valence-electron chi connectivity index (χ2n) is 9.19. The predicted molar refractivity (Wildman–Crippen MR) is 122 cm³/mol. The average Bonchev–Trinajstić information content (AvgIpc) is 3.10. The third kappa shape index (κ3) is 6.01. The predicted octanol–water partition coefficient (Wildman–Crippen LogP) is 3.27. The standard InChI is InChI=1S/C24H35N3O5/c1-24(2,3)32-23(29)27-12-14-31-21(17-27)22(28)25(4)15-18-16-26(11-8-13-30-5)20-10-7-6-9-19(18)20/h6-7,9-10,16,21H,8,11-15,17H2,1-5H3. The normalized spacial score (nSPS) is 16.9. The molecule has 2 heterocycles. The van der Waals surface area contributed by atoms with Crippen LogP contribution in [0.2, 0.25) is 0 Å². The Balaban J connectivity index is 1.67. The van der Waals surface area contributed by atoms with Crippen molar-refractivity contribution in [2.75, 3.05) is 40.5 Å². The lowest BCUT2D eigenvalue weighted by Crippen LogP contribution is -2.52. The number of methoxy groups -OCH3 is 1. The highest BCUT2D eigenvalue weighted by Crippen LogP contribution is 2.23. The van der Waals surface area contributed by atoms with Crippen LogP contribution in [0.25, 0.3) is 10.9 Å². The Morgan fingerprint density at radius 1 is 1.25 bits per heavy atom. The number of hydrogen-bond acceptors (Lipinski definition) is 5. The van der Waals surface area contributed by atoms with Crippen LogP contribution in [-0.4, -0.2) is 78.5 Å². The van der Waals surface area contributed by atoms with E-state index in [1.165, 1.54) is 0 Å². The van der Waals surface area contributed by atoms with Gasteiger partial charge in [0, 0.05) is 57.5 Å². The zero-order valence-electron chi connectivity index (χ0n) is 19.8. The van der Waals surface area contributed by atoms with Gasteiger partial charge in [0.1, 0.15) is 5.60 Å². The summed E-state index contributed by atoms with van der Waals surface area (Å²) in [6, 6.07) is 8.21. The van der Waals surface area contributed by atoms with E-state index >= 15 is 0 Å². The molecule has 1 fully saturated rings. The van der Waals surface area contributed by atoms with E-state index in [-0.39, 0.29) is 12.5 Å². The maximum atomic E-state index is 13.1. The second-order valence-corrected chi connectivity index (χ2v) is 9.19. The van der Waals surface area contributed by atoms with Crippen LogP contribution >= 0.6 is 0 Å². The van der Waals surface area contributed by atoms with Crippen molar-refractivity contribution in [2.24, 2.45) is 0 Å². The lowest BCUT2D eigenvalue weighted by atomic mass is 10.1. The zero-order valence-corrected chi connectivity index (χ0v) is 19.8. The number of hydrogen-bond donors (Lipinski definition) is 0. The maximum Gasteiger partial charge on any atom is 0.410 e. The molecule has 3 rings (SSSR count).